The van der Waals surface area contributed by atoms with E-state index >= 15 is 0 Å². The van der Waals surface area contributed by atoms with Gasteiger partial charge in [-0.15, -0.1) is 0 Å². The van der Waals surface area contributed by atoms with Crippen molar-refractivity contribution in [3.05, 3.63) is 34.4 Å². The smallest absolute Gasteiger partial charge is 0.0180 e. The molecule has 1 nitrogen and oxygen atoms in total. The van der Waals surface area contributed by atoms with Crippen LogP contribution in [0, 0.1) is 13.8 Å². The van der Waals surface area contributed by atoms with Crippen LogP contribution >= 0.6 is 0 Å². The van der Waals surface area contributed by atoms with Crippen LogP contribution in [0.2, 0.25) is 0 Å². The molecule has 0 bridgehead atoms. The van der Waals surface area contributed by atoms with Crippen LogP contribution in [0.25, 0.3) is 0 Å². The predicted octanol–water partition coefficient (Wildman–Crippen LogP) is 2.71. The standard InChI is InChI=1S/C12H19N/c1-4-5-11-7-12(8-13)10(3)6-9(11)2/h6-7H,4-5,8,13H2,1-3H3. The maximum absolute atomic E-state index is 5.67. The molecule has 0 spiro atoms. The summed E-state index contributed by atoms with van der Waals surface area (Å²) in [6.07, 6.45) is 2.37. The van der Waals surface area contributed by atoms with E-state index in [-0.39, 0.29) is 0 Å². The number of rotatable bonds is 3. The quantitative estimate of drug-likeness (QED) is 0.754. The maximum Gasteiger partial charge on any atom is 0.0180 e. The molecule has 1 heteroatoms. The van der Waals surface area contributed by atoms with Crippen LogP contribution in [-0.2, 0) is 13.0 Å². The molecule has 0 heterocycles. The lowest BCUT2D eigenvalue weighted by Gasteiger charge is -2.10. The summed E-state index contributed by atoms with van der Waals surface area (Å²) in [6, 6.07) is 4.50. The van der Waals surface area contributed by atoms with Crippen molar-refractivity contribution in [1.82, 2.24) is 0 Å². The zero-order chi connectivity index (χ0) is 9.84. The fourth-order valence-electron chi connectivity index (χ4n) is 1.71. The average molecular weight is 177 g/mol. The normalized spacial score (nSPS) is 10.5. The molecule has 0 radical (unpaired) electrons. The molecule has 0 atom stereocenters. The van der Waals surface area contributed by atoms with Gasteiger partial charge in [0, 0.05) is 6.54 Å². The highest BCUT2D eigenvalue weighted by atomic mass is 14.5. The molecule has 1 aromatic rings. The number of hydrogen-bond acceptors (Lipinski definition) is 1. The first-order valence-corrected chi connectivity index (χ1v) is 4.98. The van der Waals surface area contributed by atoms with Crippen LogP contribution < -0.4 is 5.73 Å². The predicted molar refractivity (Wildman–Crippen MR) is 57.8 cm³/mol. The van der Waals surface area contributed by atoms with E-state index in [2.05, 4.69) is 32.9 Å². The van der Waals surface area contributed by atoms with E-state index in [1.807, 2.05) is 0 Å². The molecule has 0 amide bonds. The number of hydrogen-bond donors (Lipinski definition) is 1. The third kappa shape index (κ3) is 2.31. The fraction of sp³-hybridized carbons (Fsp3) is 0.500. The topological polar surface area (TPSA) is 26.0 Å². The summed E-state index contributed by atoms with van der Waals surface area (Å²) in [7, 11) is 0. The zero-order valence-corrected chi connectivity index (χ0v) is 8.85. The van der Waals surface area contributed by atoms with E-state index in [0.29, 0.717) is 6.54 Å². The van der Waals surface area contributed by atoms with E-state index in [0.717, 1.165) is 0 Å². The van der Waals surface area contributed by atoms with Crippen molar-refractivity contribution in [1.29, 1.82) is 0 Å². The minimum absolute atomic E-state index is 0.656. The molecule has 1 aromatic carbocycles. The Balaban J connectivity index is 3.06. The molecular weight excluding hydrogens is 158 g/mol. The first-order chi connectivity index (χ1) is 6.19. The van der Waals surface area contributed by atoms with Gasteiger partial charge in [0.1, 0.15) is 0 Å². The number of aryl methyl sites for hydroxylation is 3. The van der Waals surface area contributed by atoms with E-state index < -0.39 is 0 Å². The third-order valence-electron chi connectivity index (χ3n) is 2.53. The summed E-state index contributed by atoms with van der Waals surface area (Å²) < 4.78 is 0. The minimum Gasteiger partial charge on any atom is -0.326 e. The first-order valence-electron chi connectivity index (χ1n) is 4.98. The molecule has 1 rings (SSSR count). The molecule has 13 heavy (non-hydrogen) atoms. The highest BCUT2D eigenvalue weighted by Gasteiger charge is 2.02. The molecule has 0 fully saturated rings. The van der Waals surface area contributed by atoms with Crippen molar-refractivity contribution in [3.8, 4) is 0 Å². The van der Waals surface area contributed by atoms with Gasteiger partial charge in [-0.2, -0.15) is 0 Å². The second kappa shape index (κ2) is 4.43. The van der Waals surface area contributed by atoms with Crippen molar-refractivity contribution >= 4 is 0 Å². The summed E-state index contributed by atoms with van der Waals surface area (Å²) in [5, 5.41) is 0. The third-order valence-corrected chi connectivity index (χ3v) is 2.53. The van der Waals surface area contributed by atoms with Crippen molar-refractivity contribution in [2.24, 2.45) is 5.73 Å². The van der Waals surface area contributed by atoms with Gasteiger partial charge in [0.25, 0.3) is 0 Å². The molecule has 0 aliphatic carbocycles. The monoisotopic (exact) mass is 177 g/mol. The largest absolute Gasteiger partial charge is 0.326 e. The lowest BCUT2D eigenvalue weighted by molar-refractivity contribution is 0.903. The Morgan fingerprint density at radius 2 is 1.69 bits per heavy atom. The van der Waals surface area contributed by atoms with Crippen LogP contribution in [0.4, 0.5) is 0 Å². The Morgan fingerprint density at radius 1 is 1.08 bits per heavy atom. The maximum atomic E-state index is 5.67. The van der Waals surface area contributed by atoms with Gasteiger partial charge in [0.15, 0.2) is 0 Å². The van der Waals surface area contributed by atoms with Crippen molar-refractivity contribution in [2.75, 3.05) is 0 Å². The highest BCUT2D eigenvalue weighted by Crippen LogP contribution is 2.17. The van der Waals surface area contributed by atoms with E-state index in [4.69, 9.17) is 5.73 Å². The average Bonchev–Trinajstić information content (AvgIpc) is 2.10. The van der Waals surface area contributed by atoms with Crippen molar-refractivity contribution < 1.29 is 0 Å². The van der Waals surface area contributed by atoms with Gasteiger partial charge in [0.2, 0.25) is 0 Å². The number of nitrogens with two attached hydrogens (primary N) is 1. The molecule has 0 aliphatic rings. The van der Waals surface area contributed by atoms with Gasteiger partial charge < -0.3 is 5.73 Å². The van der Waals surface area contributed by atoms with Crippen LogP contribution in [0.15, 0.2) is 12.1 Å². The van der Waals surface area contributed by atoms with E-state index in [1.54, 1.807) is 0 Å². The molecular formula is C12H19N. The molecule has 0 saturated heterocycles. The number of benzene rings is 1. The molecule has 0 aromatic heterocycles. The van der Waals surface area contributed by atoms with Gasteiger partial charge in [0.05, 0.1) is 0 Å². The zero-order valence-electron chi connectivity index (χ0n) is 8.85. The summed E-state index contributed by atoms with van der Waals surface area (Å²) in [6.45, 7) is 7.17. The Morgan fingerprint density at radius 3 is 2.23 bits per heavy atom. The summed E-state index contributed by atoms with van der Waals surface area (Å²) in [4.78, 5) is 0. The van der Waals surface area contributed by atoms with Crippen LogP contribution in [-0.4, -0.2) is 0 Å². The summed E-state index contributed by atoms with van der Waals surface area (Å²) in [5.74, 6) is 0. The first kappa shape index (κ1) is 10.3. The summed E-state index contributed by atoms with van der Waals surface area (Å²) in [5.41, 5.74) is 11.1. The van der Waals surface area contributed by atoms with Crippen LogP contribution in [0.3, 0.4) is 0 Å². The summed E-state index contributed by atoms with van der Waals surface area (Å²) >= 11 is 0. The second-order valence-electron chi connectivity index (χ2n) is 3.66. The van der Waals surface area contributed by atoms with Crippen molar-refractivity contribution in [2.45, 2.75) is 40.2 Å². The lowest BCUT2D eigenvalue weighted by Crippen LogP contribution is -2.01. The van der Waals surface area contributed by atoms with Crippen LogP contribution in [0.5, 0.6) is 0 Å². The van der Waals surface area contributed by atoms with E-state index in [1.165, 1.54) is 35.1 Å². The van der Waals surface area contributed by atoms with Gasteiger partial charge in [-0.25, -0.2) is 0 Å². The van der Waals surface area contributed by atoms with E-state index in [9.17, 15) is 0 Å². The van der Waals surface area contributed by atoms with Gasteiger partial charge in [-0.3, -0.25) is 0 Å². The lowest BCUT2D eigenvalue weighted by atomic mass is 9.97. The van der Waals surface area contributed by atoms with Gasteiger partial charge >= 0.3 is 0 Å². The molecule has 72 valence electrons. The van der Waals surface area contributed by atoms with Crippen molar-refractivity contribution in [3.63, 3.8) is 0 Å². The Labute approximate surface area is 81.0 Å². The molecule has 0 unspecified atom stereocenters. The molecule has 2 N–H and O–H groups in total. The highest BCUT2D eigenvalue weighted by molar-refractivity contribution is 5.37. The minimum atomic E-state index is 0.656. The Hall–Kier alpha value is -0.820. The van der Waals surface area contributed by atoms with Crippen LogP contribution in [0.1, 0.15) is 35.6 Å². The second-order valence-corrected chi connectivity index (χ2v) is 3.66. The van der Waals surface area contributed by atoms with Gasteiger partial charge in [-0.05, 0) is 42.5 Å². The fourth-order valence-corrected chi connectivity index (χ4v) is 1.71. The Bertz CT molecular complexity index is 289. The molecule has 0 saturated carbocycles. The van der Waals surface area contributed by atoms with Gasteiger partial charge in [-0.1, -0.05) is 25.5 Å². The SMILES string of the molecule is CCCc1cc(CN)c(C)cc1C. The Kier molecular flexibility index (Phi) is 3.49. The molecule has 0 aliphatic heterocycles.